The number of rotatable bonds is 5. The minimum Gasteiger partial charge on any atom is -0.456 e. The predicted octanol–water partition coefficient (Wildman–Crippen LogP) is 15.1. The third-order valence-corrected chi connectivity index (χ3v) is 11.7. The van der Waals surface area contributed by atoms with Crippen molar-refractivity contribution in [3.8, 4) is 50.3 Å². The lowest BCUT2D eigenvalue weighted by molar-refractivity contribution is 0.669. The van der Waals surface area contributed by atoms with E-state index < -0.39 is 0 Å². The van der Waals surface area contributed by atoms with Crippen LogP contribution in [0.2, 0.25) is 0 Å². The molecule has 3 heteroatoms. The van der Waals surface area contributed by atoms with Crippen LogP contribution in [0.1, 0.15) is 0 Å². The van der Waals surface area contributed by atoms with E-state index in [0.717, 1.165) is 77.4 Å². The zero-order valence-corrected chi connectivity index (χ0v) is 31.4. The van der Waals surface area contributed by atoms with Crippen molar-refractivity contribution in [3.63, 3.8) is 0 Å². The Morgan fingerprint density at radius 1 is 0.345 bits per heavy atom. The second kappa shape index (κ2) is 12.9. The van der Waals surface area contributed by atoms with Crippen molar-refractivity contribution < 1.29 is 4.42 Å². The number of pyridine rings is 1. The highest BCUT2D eigenvalue weighted by molar-refractivity contribution is 6.28. The molecule has 0 aliphatic carbocycles. The zero-order chi connectivity index (χ0) is 38.2. The van der Waals surface area contributed by atoms with E-state index in [1.54, 1.807) is 0 Å². The van der Waals surface area contributed by atoms with Gasteiger partial charge in [-0.15, -0.1) is 0 Å². The van der Waals surface area contributed by atoms with Crippen LogP contribution in [0.15, 0.2) is 211 Å². The predicted molar refractivity (Wildman–Crippen MR) is 243 cm³/mol. The second-order valence-corrected chi connectivity index (χ2v) is 15.1. The van der Waals surface area contributed by atoms with Crippen LogP contribution in [0.5, 0.6) is 0 Å². The van der Waals surface area contributed by atoms with Gasteiger partial charge in [-0.1, -0.05) is 152 Å². The summed E-state index contributed by atoms with van der Waals surface area (Å²) in [6.07, 6.45) is 0. The van der Waals surface area contributed by atoms with Crippen LogP contribution in [0.4, 0.5) is 0 Å². The standard InChI is InChI=1S/C55H34N2O/c1-3-15-35(16-4-1)55-46-34-51-54(45-25-9-12-28-50(45)58-51)52(53(46)44-24-7-10-26-47(44)56-55)40-20-14-19-38(32-40)36-17-13-18-37(31-36)39-29-30-43-42-23-8-11-27-48(42)57(49(43)33-39)41-21-5-2-6-22-41/h1-34H. The third kappa shape index (κ3) is 5.04. The molecular formula is C55H34N2O. The van der Waals surface area contributed by atoms with Gasteiger partial charge in [-0.05, 0) is 82.4 Å². The molecule has 0 saturated carbocycles. The summed E-state index contributed by atoms with van der Waals surface area (Å²) in [5.41, 5.74) is 15.2. The summed E-state index contributed by atoms with van der Waals surface area (Å²) in [5, 5.41) is 8.09. The van der Waals surface area contributed by atoms with Crippen LogP contribution in [0.25, 0.3) is 116 Å². The van der Waals surface area contributed by atoms with Crippen LogP contribution < -0.4 is 0 Å². The molecule has 12 rings (SSSR count). The highest BCUT2D eigenvalue weighted by atomic mass is 16.3. The van der Waals surface area contributed by atoms with E-state index in [9.17, 15) is 0 Å². The summed E-state index contributed by atoms with van der Waals surface area (Å²) < 4.78 is 9.05. The van der Waals surface area contributed by atoms with Crippen molar-refractivity contribution >= 4 is 65.4 Å². The second-order valence-electron chi connectivity index (χ2n) is 15.1. The zero-order valence-electron chi connectivity index (χ0n) is 31.4. The van der Waals surface area contributed by atoms with Crippen LogP contribution >= 0.6 is 0 Å². The Morgan fingerprint density at radius 3 is 1.72 bits per heavy atom. The lowest BCUT2D eigenvalue weighted by Gasteiger charge is -2.16. The monoisotopic (exact) mass is 738 g/mol. The minimum atomic E-state index is 0.855. The first kappa shape index (κ1) is 32.5. The average molecular weight is 739 g/mol. The van der Waals surface area contributed by atoms with Gasteiger partial charge in [0.2, 0.25) is 0 Å². The van der Waals surface area contributed by atoms with Crippen LogP contribution in [-0.2, 0) is 0 Å². The van der Waals surface area contributed by atoms with Gasteiger partial charge in [0.15, 0.2) is 0 Å². The van der Waals surface area contributed by atoms with E-state index in [1.165, 1.54) is 38.3 Å². The Morgan fingerprint density at radius 2 is 0.931 bits per heavy atom. The molecule has 3 aromatic heterocycles. The summed E-state index contributed by atoms with van der Waals surface area (Å²) in [6.45, 7) is 0. The molecule has 0 radical (unpaired) electrons. The lowest BCUT2D eigenvalue weighted by atomic mass is 9.88. The molecule has 9 aromatic carbocycles. The minimum absolute atomic E-state index is 0.855. The molecule has 0 aliphatic rings. The Labute approximate surface area is 334 Å². The number of furan rings is 1. The fraction of sp³-hybridized carbons (Fsp3) is 0. The first-order valence-electron chi connectivity index (χ1n) is 19.8. The molecule has 58 heavy (non-hydrogen) atoms. The Kier molecular flexibility index (Phi) is 7.23. The van der Waals surface area contributed by atoms with Crippen LogP contribution in [-0.4, -0.2) is 9.55 Å². The van der Waals surface area contributed by atoms with Crippen molar-refractivity contribution in [1.29, 1.82) is 0 Å². The van der Waals surface area contributed by atoms with Crippen LogP contribution in [0, 0.1) is 0 Å². The normalized spacial score (nSPS) is 11.8. The Bertz CT molecular complexity index is 3560. The molecule has 12 aromatic rings. The fourth-order valence-corrected chi connectivity index (χ4v) is 9.16. The summed E-state index contributed by atoms with van der Waals surface area (Å²) in [4.78, 5) is 5.28. The van der Waals surface area contributed by atoms with Gasteiger partial charge in [0.05, 0.1) is 22.2 Å². The summed E-state index contributed by atoms with van der Waals surface area (Å²) >= 11 is 0. The van der Waals surface area contributed by atoms with E-state index in [1.807, 2.05) is 6.07 Å². The number of benzene rings is 9. The highest BCUT2D eigenvalue weighted by Gasteiger charge is 2.22. The number of hydrogen-bond acceptors (Lipinski definition) is 2. The first-order valence-corrected chi connectivity index (χ1v) is 19.8. The van der Waals surface area contributed by atoms with Gasteiger partial charge >= 0.3 is 0 Å². The molecule has 0 N–H and O–H groups in total. The molecule has 0 fully saturated rings. The van der Waals surface area contributed by atoms with Gasteiger partial charge in [0.25, 0.3) is 0 Å². The third-order valence-electron chi connectivity index (χ3n) is 11.7. The number of para-hydroxylation sites is 4. The van der Waals surface area contributed by atoms with Crippen molar-refractivity contribution in [3.05, 3.63) is 206 Å². The number of fused-ring (bicyclic) bond motifs is 9. The molecule has 0 amide bonds. The first-order chi connectivity index (χ1) is 28.8. The van der Waals surface area contributed by atoms with E-state index in [2.05, 4.69) is 205 Å². The van der Waals surface area contributed by atoms with Gasteiger partial charge in [-0.2, -0.15) is 0 Å². The molecule has 3 heterocycles. The summed E-state index contributed by atoms with van der Waals surface area (Å²) in [6, 6.07) is 73.8. The molecular weight excluding hydrogens is 705 g/mol. The Hall–Kier alpha value is -7.75. The molecule has 0 aliphatic heterocycles. The Balaban J connectivity index is 1.07. The molecule has 270 valence electrons. The van der Waals surface area contributed by atoms with E-state index in [-0.39, 0.29) is 0 Å². The SMILES string of the molecule is c1ccc(-c2nc3ccccc3c3c(-c4cccc(-c5cccc(-c6ccc7c8ccccc8n(-c8ccccc8)c7c6)c5)c4)c4c(cc23)oc2ccccc24)cc1. The summed E-state index contributed by atoms with van der Waals surface area (Å²) in [5.74, 6) is 0. The van der Waals surface area contributed by atoms with Gasteiger partial charge in [-0.25, -0.2) is 4.98 Å². The number of nitrogens with zero attached hydrogens (tertiary/aromatic N) is 2. The van der Waals surface area contributed by atoms with E-state index in [0.29, 0.717) is 0 Å². The van der Waals surface area contributed by atoms with E-state index in [4.69, 9.17) is 9.40 Å². The molecule has 3 nitrogen and oxygen atoms in total. The summed E-state index contributed by atoms with van der Waals surface area (Å²) in [7, 11) is 0. The van der Waals surface area contributed by atoms with Crippen molar-refractivity contribution in [2.75, 3.05) is 0 Å². The maximum absolute atomic E-state index is 6.66. The highest BCUT2D eigenvalue weighted by Crippen LogP contribution is 2.47. The fourth-order valence-electron chi connectivity index (χ4n) is 9.16. The number of hydrogen-bond donors (Lipinski definition) is 0. The molecule has 0 bridgehead atoms. The van der Waals surface area contributed by atoms with Gasteiger partial charge in [0.1, 0.15) is 11.2 Å². The number of aromatic nitrogens is 2. The quantitative estimate of drug-likeness (QED) is 0.165. The maximum Gasteiger partial charge on any atom is 0.136 e. The van der Waals surface area contributed by atoms with Crippen molar-refractivity contribution in [1.82, 2.24) is 9.55 Å². The largest absolute Gasteiger partial charge is 0.456 e. The molecule has 0 unspecified atom stereocenters. The van der Waals surface area contributed by atoms with Crippen LogP contribution in [0.3, 0.4) is 0 Å². The van der Waals surface area contributed by atoms with Gasteiger partial charge < -0.3 is 8.98 Å². The molecule has 0 saturated heterocycles. The topological polar surface area (TPSA) is 31.0 Å². The van der Waals surface area contributed by atoms with Gasteiger partial charge in [-0.3, -0.25) is 0 Å². The average Bonchev–Trinajstić information content (AvgIpc) is 3.84. The lowest BCUT2D eigenvalue weighted by Crippen LogP contribution is -1.93. The smallest absolute Gasteiger partial charge is 0.136 e. The molecule has 0 atom stereocenters. The molecule has 0 spiro atoms. The maximum atomic E-state index is 6.66. The van der Waals surface area contributed by atoms with Crippen molar-refractivity contribution in [2.45, 2.75) is 0 Å². The van der Waals surface area contributed by atoms with E-state index >= 15 is 0 Å². The van der Waals surface area contributed by atoms with Crippen molar-refractivity contribution in [2.24, 2.45) is 0 Å². The van der Waals surface area contributed by atoms with Gasteiger partial charge in [0, 0.05) is 54.5 Å².